The maximum atomic E-state index is 13.2. The Hall–Kier alpha value is -3.67. The van der Waals surface area contributed by atoms with E-state index in [0.29, 0.717) is 34.2 Å². The molecule has 0 radical (unpaired) electrons. The number of nitrogens with one attached hydrogen (secondary N) is 1. The highest BCUT2D eigenvalue weighted by Gasteiger charge is 2.30. The predicted octanol–water partition coefficient (Wildman–Crippen LogP) is 5.51. The Morgan fingerprint density at radius 2 is 1.76 bits per heavy atom. The van der Waals surface area contributed by atoms with Crippen LogP contribution in [0.1, 0.15) is 42.1 Å². The molecule has 3 rings (SSSR count). The quantitative estimate of drug-likeness (QED) is 0.347. The van der Waals surface area contributed by atoms with Crippen LogP contribution in [0.3, 0.4) is 0 Å². The highest BCUT2D eigenvalue weighted by atomic mass is 32.1. The van der Waals surface area contributed by atoms with Crippen LogP contribution in [-0.2, 0) is 11.0 Å². The molecule has 0 fully saturated rings. The number of carbonyl (C=O) groups is 2. The molecule has 0 saturated heterocycles. The van der Waals surface area contributed by atoms with Crippen molar-refractivity contribution >= 4 is 28.3 Å². The van der Waals surface area contributed by atoms with Crippen LogP contribution in [0, 0.1) is 0 Å². The standard InChI is InChI=1S/C25H27F3N4O4S/c1-4-5-13-32(23(34)19-11-10-18(35-2)15-20(19)36-3)14-12-21(33)29-24-31-30-22(37-24)16-6-8-17(9-7-16)25(26,27)28/h6-11,15H,4-5,12-14H2,1-3H3,(H,29,31,33). The van der Waals surface area contributed by atoms with Crippen LogP contribution in [0.25, 0.3) is 10.6 Å². The largest absolute Gasteiger partial charge is 0.497 e. The highest BCUT2D eigenvalue weighted by Crippen LogP contribution is 2.32. The number of nitrogens with zero attached hydrogens (tertiary/aromatic N) is 3. The van der Waals surface area contributed by atoms with Gasteiger partial charge in [0.25, 0.3) is 5.91 Å². The molecule has 8 nitrogen and oxygen atoms in total. The van der Waals surface area contributed by atoms with Gasteiger partial charge in [-0.25, -0.2) is 0 Å². The lowest BCUT2D eigenvalue weighted by atomic mass is 10.1. The second kappa shape index (κ2) is 12.5. The topological polar surface area (TPSA) is 93.7 Å². The van der Waals surface area contributed by atoms with Crippen LogP contribution in [-0.4, -0.2) is 54.2 Å². The summed E-state index contributed by atoms with van der Waals surface area (Å²) >= 11 is 1.04. The third-order valence-corrected chi connectivity index (χ3v) is 6.33. The number of alkyl halides is 3. The smallest absolute Gasteiger partial charge is 0.416 e. The Labute approximate surface area is 216 Å². The number of amides is 2. The molecule has 0 aliphatic carbocycles. The number of unbranched alkanes of at least 4 members (excludes halogenated alkanes) is 1. The first-order valence-corrected chi connectivity index (χ1v) is 12.3. The molecule has 0 aliphatic rings. The lowest BCUT2D eigenvalue weighted by molar-refractivity contribution is -0.137. The van der Waals surface area contributed by atoms with Gasteiger partial charge in [-0.2, -0.15) is 13.2 Å². The molecule has 1 heterocycles. The Bertz CT molecular complexity index is 1220. The summed E-state index contributed by atoms with van der Waals surface area (Å²) in [7, 11) is 2.99. The van der Waals surface area contributed by atoms with Crippen molar-refractivity contribution in [3.8, 4) is 22.1 Å². The lowest BCUT2D eigenvalue weighted by Crippen LogP contribution is -2.35. The molecule has 0 spiro atoms. The molecule has 12 heteroatoms. The Morgan fingerprint density at radius 1 is 1.03 bits per heavy atom. The summed E-state index contributed by atoms with van der Waals surface area (Å²) in [4.78, 5) is 27.4. The molecule has 3 aromatic rings. The van der Waals surface area contributed by atoms with Gasteiger partial charge in [0, 0.05) is 31.1 Å². The molecular weight excluding hydrogens is 509 g/mol. The zero-order valence-corrected chi connectivity index (χ0v) is 21.4. The molecule has 2 aromatic carbocycles. The van der Waals surface area contributed by atoms with E-state index < -0.39 is 11.7 Å². The first-order chi connectivity index (χ1) is 17.7. The van der Waals surface area contributed by atoms with E-state index in [0.717, 1.165) is 36.3 Å². The Kier molecular flexibility index (Phi) is 9.45. The summed E-state index contributed by atoms with van der Waals surface area (Å²) in [5.41, 5.74) is 0.0598. The number of hydrogen-bond acceptors (Lipinski definition) is 7. The third-order valence-electron chi connectivity index (χ3n) is 5.45. The minimum absolute atomic E-state index is 0.0170. The van der Waals surface area contributed by atoms with Gasteiger partial charge in [-0.15, -0.1) is 10.2 Å². The maximum absolute atomic E-state index is 13.2. The van der Waals surface area contributed by atoms with Crippen molar-refractivity contribution in [1.29, 1.82) is 0 Å². The van der Waals surface area contributed by atoms with E-state index in [2.05, 4.69) is 15.5 Å². The summed E-state index contributed by atoms with van der Waals surface area (Å²) in [5, 5.41) is 11.1. The summed E-state index contributed by atoms with van der Waals surface area (Å²) in [6.45, 7) is 2.64. The number of rotatable bonds is 11. The van der Waals surface area contributed by atoms with Crippen molar-refractivity contribution in [1.82, 2.24) is 15.1 Å². The first kappa shape index (κ1) is 27.9. The molecule has 37 heavy (non-hydrogen) atoms. The van der Waals surface area contributed by atoms with Gasteiger partial charge < -0.3 is 19.7 Å². The van der Waals surface area contributed by atoms with Crippen molar-refractivity contribution in [2.75, 3.05) is 32.6 Å². The molecule has 0 aliphatic heterocycles. The van der Waals surface area contributed by atoms with Crippen molar-refractivity contribution in [2.45, 2.75) is 32.4 Å². The van der Waals surface area contributed by atoms with Gasteiger partial charge in [0.05, 0.1) is 25.3 Å². The van der Waals surface area contributed by atoms with Crippen LogP contribution < -0.4 is 14.8 Å². The molecule has 0 atom stereocenters. The van der Waals surface area contributed by atoms with Gasteiger partial charge in [0.1, 0.15) is 16.5 Å². The minimum atomic E-state index is -4.43. The van der Waals surface area contributed by atoms with Crippen molar-refractivity contribution in [2.24, 2.45) is 0 Å². The Morgan fingerprint density at radius 3 is 2.38 bits per heavy atom. The second-order valence-electron chi connectivity index (χ2n) is 8.00. The third kappa shape index (κ3) is 7.42. The molecule has 0 bridgehead atoms. The average Bonchev–Trinajstić information content (AvgIpc) is 3.35. The van der Waals surface area contributed by atoms with E-state index in [4.69, 9.17) is 9.47 Å². The Balaban J connectivity index is 1.64. The summed E-state index contributed by atoms with van der Waals surface area (Å²) in [6, 6.07) is 9.47. The van der Waals surface area contributed by atoms with E-state index in [-0.39, 0.29) is 29.9 Å². The van der Waals surface area contributed by atoms with E-state index in [1.54, 1.807) is 23.1 Å². The van der Waals surface area contributed by atoms with E-state index >= 15 is 0 Å². The van der Waals surface area contributed by atoms with E-state index in [1.807, 2.05) is 6.92 Å². The van der Waals surface area contributed by atoms with Gasteiger partial charge in [-0.3, -0.25) is 9.59 Å². The van der Waals surface area contributed by atoms with Crippen LogP contribution in [0.15, 0.2) is 42.5 Å². The number of methoxy groups -OCH3 is 2. The van der Waals surface area contributed by atoms with Gasteiger partial charge >= 0.3 is 6.18 Å². The van der Waals surface area contributed by atoms with Gasteiger partial charge in [-0.1, -0.05) is 36.8 Å². The summed E-state index contributed by atoms with van der Waals surface area (Å²) < 4.78 is 48.9. The molecule has 2 amide bonds. The maximum Gasteiger partial charge on any atom is 0.416 e. The number of anilines is 1. The van der Waals surface area contributed by atoms with Gasteiger partial charge in [-0.05, 0) is 30.7 Å². The monoisotopic (exact) mass is 536 g/mol. The second-order valence-corrected chi connectivity index (χ2v) is 8.98. The summed E-state index contributed by atoms with van der Waals surface area (Å²) in [5.74, 6) is 0.299. The summed E-state index contributed by atoms with van der Waals surface area (Å²) in [6.07, 6.45) is -2.78. The molecule has 198 valence electrons. The molecular formula is C25H27F3N4O4S. The number of halogens is 3. The average molecular weight is 537 g/mol. The highest BCUT2D eigenvalue weighted by molar-refractivity contribution is 7.18. The molecule has 0 unspecified atom stereocenters. The van der Waals surface area contributed by atoms with Crippen molar-refractivity contribution in [3.63, 3.8) is 0 Å². The fourth-order valence-electron chi connectivity index (χ4n) is 3.42. The van der Waals surface area contributed by atoms with Gasteiger partial charge in [0.2, 0.25) is 11.0 Å². The van der Waals surface area contributed by atoms with Crippen LogP contribution in [0.4, 0.5) is 18.3 Å². The zero-order valence-electron chi connectivity index (χ0n) is 20.6. The number of benzene rings is 2. The van der Waals surface area contributed by atoms with Gasteiger partial charge in [0.15, 0.2) is 0 Å². The van der Waals surface area contributed by atoms with E-state index in [1.165, 1.54) is 26.4 Å². The number of carbonyl (C=O) groups excluding carboxylic acids is 2. The van der Waals surface area contributed by atoms with Crippen molar-refractivity contribution in [3.05, 3.63) is 53.6 Å². The number of hydrogen-bond donors (Lipinski definition) is 1. The van der Waals surface area contributed by atoms with E-state index in [9.17, 15) is 22.8 Å². The minimum Gasteiger partial charge on any atom is -0.497 e. The number of ether oxygens (including phenoxy) is 2. The molecule has 0 saturated carbocycles. The first-order valence-electron chi connectivity index (χ1n) is 11.5. The number of aromatic nitrogens is 2. The fourth-order valence-corrected chi connectivity index (χ4v) is 4.19. The fraction of sp³-hybridized carbons (Fsp3) is 0.360. The SMILES string of the molecule is CCCCN(CCC(=O)Nc1nnc(-c2ccc(C(F)(F)F)cc2)s1)C(=O)c1ccc(OC)cc1OC. The van der Waals surface area contributed by atoms with Crippen LogP contribution in [0.5, 0.6) is 11.5 Å². The van der Waals surface area contributed by atoms with Crippen LogP contribution >= 0.6 is 11.3 Å². The normalized spacial score (nSPS) is 11.2. The van der Waals surface area contributed by atoms with Crippen LogP contribution in [0.2, 0.25) is 0 Å². The lowest BCUT2D eigenvalue weighted by Gasteiger charge is -2.23. The zero-order chi connectivity index (χ0) is 27.0. The molecule has 1 aromatic heterocycles. The molecule has 1 N–H and O–H groups in total. The predicted molar refractivity (Wildman–Crippen MR) is 134 cm³/mol. The van der Waals surface area contributed by atoms with Crippen molar-refractivity contribution < 1.29 is 32.2 Å².